The summed E-state index contributed by atoms with van der Waals surface area (Å²) in [7, 11) is 0. The maximum absolute atomic E-state index is 12.0. The summed E-state index contributed by atoms with van der Waals surface area (Å²) in [6.45, 7) is 5.76. The van der Waals surface area contributed by atoms with Crippen molar-refractivity contribution >= 4 is 5.91 Å². The van der Waals surface area contributed by atoms with Crippen LogP contribution in [0.4, 0.5) is 0 Å². The Bertz CT molecular complexity index is 416. The Morgan fingerprint density at radius 2 is 2.00 bits per heavy atom. The van der Waals surface area contributed by atoms with E-state index in [1.54, 1.807) is 0 Å². The fraction of sp³-hybridized carbons (Fsp3) is 0.588. The molecule has 0 radical (unpaired) electrons. The van der Waals surface area contributed by atoms with Gasteiger partial charge in [0, 0.05) is 32.1 Å². The van der Waals surface area contributed by atoms with Crippen LogP contribution in [0.25, 0.3) is 0 Å². The molecule has 21 heavy (non-hydrogen) atoms. The van der Waals surface area contributed by atoms with Gasteiger partial charge in [0.1, 0.15) is 0 Å². The minimum absolute atomic E-state index is 0.237. The average molecular weight is 290 g/mol. The third-order valence-corrected chi connectivity index (χ3v) is 3.90. The summed E-state index contributed by atoms with van der Waals surface area (Å²) in [6, 6.07) is 11.0. The van der Waals surface area contributed by atoms with Crippen molar-refractivity contribution in [3.05, 3.63) is 35.9 Å². The number of ether oxygens (including phenoxy) is 1. The van der Waals surface area contributed by atoms with Gasteiger partial charge in [-0.25, -0.2) is 0 Å². The molecule has 1 aliphatic heterocycles. The quantitative estimate of drug-likeness (QED) is 0.833. The van der Waals surface area contributed by atoms with Crippen molar-refractivity contribution in [1.29, 1.82) is 0 Å². The van der Waals surface area contributed by atoms with Crippen LogP contribution in [0.5, 0.6) is 0 Å². The first-order chi connectivity index (χ1) is 10.3. The molecule has 1 aliphatic rings. The lowest BCUT2D eigenvalue weighted by Crippen LogP contribution is -2.42. The fourth-order valence-corrected chi connectivity index (χ4v) is 2.53. The number of hydrogen-bond donors (Lipinski definition) is 1. The van der Waals surface area contributed by atoms with Crippen LogP contribution in [0.3, 0.4) is 0 Å². The summed E-state index contributed by atoms with van der Waals surface area (Å²) in [5, 5.41) is 3.44. The number of nitrogens with one attached hydrogen (secondary N) is 1. The van der Waals surface area contributed by atoms with E-state index in [0.29, 0.717) is 25.7 Å². The minimum Gasteiger partial charge on any atom is -0.378 e. The van der Waals surface area contributed by atoms with E-state index < -0.39 is 0 Å². The molecule has 0 aliphatic carbocycles. The number of aryl methyl sites for hydroxylation is 1. The summed E-state index contributed by atoms with van der Waals surface area (Å²) in [4.78, 5) is 13.9. The number of nitrogens with zero attached hydrogens (tertiary/aromatic N) is 1. The molecule has 4 nitrogen and oxygen atoms in total. The van der Waals surface area contributed by atoms with Crippen molar-refractivity contribution in [1.82, 2.24) is 10.2 Å². The van der Waals surface area contributed by atoms with Crippen LogP contribution in [0.1, 0.15) is 25.3 Å². The topological polar surface area (TPSA) is 41.6 Å². The molecule has 0 spiro atoms. The highest BCUT2D eigenvalue weighted by atomic mass is 16.5. The third-order valence-electron chi connectivity index (χ3n) is 3.90. The molecule has 4 heteroatoms. The number of carbonyl (C=O) groups is 1. The van der Waals surface area contributed by atoms with E-state index in [1.165, 1.54) is 5.56 Å². The van der Waals surface area contributed by atoms with Crippen molar-refractivity contribution in [2.45, 2.75) is 32.2 Å². The van der Waals surface area contributed by atoms with Crippen molar-refractivity contribution < 1.29 is 9.53 Å². The molecule has 1 amide bonds. The molecule has 1 aromatic carbocycles. The van der Waals surface area contributed by atoms with Crippen LogP contribution in [0, 0.1) is 0 Å². The van der Waals surface area contributed by atoms with Crippen LogP contribution < -0.4 is 5.32 Å². The number of morpholine rings is 1. The highest BCUT2D eigenvalue weighted by Gasteiger charge is 2.16. The number of benzene rings is 1. The molecule has 1 heterocycles. The first-order valence-electron chi connectivity index (χ1n) is 7.88. The molecule has 1 atom stereocenters. The Labute approximate surface area is 127 Å². The van der Waals surface area contributed by atoms with Crippen LogP contribution in [-0.2, 0) is 16.0 Å². The Morgan fingerprint density at radius 3 is 2.71 bits per heavy atom. The van der Waals surface area contributed by atoms with Crippen molar-refractivity contribution in [2.75, 3.05) is 32.8 Å². The van der Waals surface area contributed by atoms with Crippen LogP contribution >= 0.6 is 0 Å². The Morgan fingerprint density at radius 1 is 1.29 bits per heavy atom. The molecule has 2 rings (SSSR count). The molecule has 116 valence electrons. The van der Waals surface area contributed by atoms with E-state index >= 15 is 0 Å². The van der Waals surface area contributed by atoms with Crippen molar-refractivity contribution in [3.63, 3.8) is 0 Å². The zero-order valence-electron chi connectivity index (χ0n) is 12.9. The lowest BCUT2D eigenvalue weighted by molar-refractivity contribution is -0.135. The Hall–Kier alpha value is -1.39. The minimum atomic E-state index is 0.237. The second-order valence-electron chi connectivity index (χ2n) is 5.62. The maximum Gasteiger partial charge on any atom is 0.224 e. The van der Waals surface area contributed by atoms with E-state index in [2.05, 4.69) is 36.5 Å². The van der Waals surface area contributed by atoms with Gasteiger partial charge in [-0.15, -0.1) is 0 Å². The van der Waals surface area contributed by atoms with E-state index in [9.17, 15) is 4.79 Å². The van der Waals surface area contributed by atoms with Crippen molar-refractivity contribution in [3.8, 4) is 0 Å². The van der Waals surface area contributed by atoms with Gasteiger partial charge in [0.2, 0.25) is 5.91 Å². The summed E-state index contributed by atoms with van der Waals surface area (Å²) in [5.41, 5.74) is 1.37. The molecular weight excluding hydrogens is 264 g/mol. The van der Waals surface area contributed by atoms with Gasteiger partial charge in [-0.3, -0.25) is 4.79 Å². The maximum atomic E-state index is 12.0. The van der Waals surface area contributed by atoms with Gasteiger partial charge in [0.05, 0.1) is 13.2 Å². The number of hydrogen-bond acceptors (Lipinski definition) is 3. The van der Waals surface area contributed by atoms with Gasteiger partial charge in [0.15, 0.2) is 0 Å². The largest absolute Gasteiger partial charge is 0.378 e. The second kappa shape index (κ2) is 8.80. The zero-order chi connectivity index (χ0) is 14.9. The van der Waals surface area contributed by atoms with Gasteiger partial charge >= 0.3 is 0 Å². The highest BCUT2D eigenvalue weighted by Crippen LogP contribution is 2.05. The average Bonchev–Trinajstić information content (AvgIpc) is 2.54. The first kappa shape index (κ1) is 16.0. The SMILES string of the molecule is CC(CCc1ccccc1)NCCC(=O)N1CCOCC1. The summed E-state index contributed by atoms with van der Waals surface area (Å²) >= 11 is 0. The number of amides is 1. The van der Waals surface area contributed by atoms with Crippen LogP contribution in [-0.4, -0.2) is 49.7 Å². The first-order valence-corrected chi connectivity index (χ1v) is 7.88. The highest BCUT2D eigenvalue weighted by molar-refractivity contribution is 5.76. The molecule has 1 aromatic rings. The number of rotatable bonds is 7. The van der Waals surface area contributed by atoms with Gasteiger partial charge in [0.25, 0.3) is 0 Å². The Kier molecular flexibility index (Phi) is 6.70. The molecule has 0 bridgehead atoms. The van der Waals surface area contributed by atoms with E-state index in [-0.39, 0.29) is 5.91 Å². The van der Waals surface area contributed by atoms with Gasteiger partial charge in [-0.05, 0) is 25.3 Å². The summed E-state index contributed by atoms with van der Waals surface area (Å²) in [6.07, 6.45) is 2.75. The molecule has 0 aromatic heterocycles. The monoisotopic (exact) mass is 290 g/mol. The van der Waals surface area contributed by atoms with Crippen LogP contribution in [0.2, 0.25) is 0 Å². The lowest BCUT2D eigenvalue weighted by atomic mass is 10.1. The van der Waals surface area contributed by atoms with Crippen LogP contribution in [0.15, 0.2) is 30.3 Å². The molecular formula is C17H26N2O2. The molecule has 1 N–H and O–H groups in total. The molecule has 1 saturated heterocycles. The van der Waals surface area contributed by atoms with Crippen molar-refractivity contribution in [2.24, 2.45) is 0 Å². The van der Waals surface area contributed by atoms with Gasteiger partial charge in [-0.2, -0.15) is 0 Å². The number of carbonyl (C=O) groups excluding carboxylic acids is 1. The van der Waals surface area contributed by atoms with Gasteiger partial charge < -0.3 is 15.0 Å². The summed E-state index contributed by atoms with van der Waals surface area (Å²) < 4.78 is 5.26. The predicted molar refractivity (Wildman–Crippen MR) is 84.2 cm³/mol. The zero-order valence-corrected chi connectivity index (χ0v) is 12.9. The van der Waals surface area contributed by atoms with E-state index in [1.807, 2.05) is 11.0 Å². The van der Waals surface area contributed by atoms with E-state index in [4.69, 9.17) is 4.74 Å². The standard InChI is InChI=1S/C17H26N2O2/c1-15(7-8-16-5-3-2-4-6-16)18-10-9-17(20)19-11-13-21-14-12-19/h2-6,15,18H,7-14H2,1H3. The van der Waals surface area contributed by atoms with E-state index in [0.717, 1.165) is 32.5 Å². The molecule has 1 unspecified atom stereocenters. The summed E-state index contributed by atoms with van der Waals surface area (Å²) in [5.74, 6) is 0.237. The fourth-order valence-electron chi connectivity index (χ4n) is 2.53. The third kappa shape index (κ3) is 5.86. The Balaban J connectivity index is 1.58. The second-order valence-corrected chi connectivity index (χ2v) is 5.62. The molecule has 1 fully saturated rings. The lowest BCUT2D eigenvalue weighted by Gasteiger charge is -2.27. The normalized spacial score (nSPS) is 16.7. The predicted octanol–water partition coefficient (Wildman–Crippen LogP) is 1.85. The van der Waals surface area contributed by atoms with Gasteiger partial charge in [-0.1, -0.05) is 30.3 Å². The smallest absolute Gasteiger partial charge is 0.224 e. The molecule has 0 saturated carbocycles.